The molecule has 16 heavy (non-hydrogen) atoms. The molecule has 1 saturated heterocycles. The fourth-order valence-corrected chi connectivity index (χ4v) is 2.58. The van der Waals surface area contributed by atoms with Gasteiger partial charge in [-0.2, -0.15) is 0 Å². The number of thioether (sulfide) groups is 1. The van der Waals surface area contributed by atoms with Gasteiger partial charge in [0.1, 0.15) is 11.6 Å². The van der Waals surface area contributed by atoms with Crippen LogP contribution < -0.4 is 11.5 Å². The van der Waals surface area contributed by atoms with E-state index in [0.717, 1.165) is 18.8 Å². The van der Waals surface area contributed by atoms with Crippen LogP contribution in [-0.2, 0) is 4.74 Å². The zero-order valence-electron chi connectivity index (χ0n) is 9.06. The molecule has 2 rings (SSSR count). The first-order chi connectivity index (χ1) is 7.74. The maximum atomic E-state index is 5.58. The maximum Gasteiger partial charge on any atom is 0.191 e. The van der Waals surface area contributed by atoms with Crippen molar-refractivity contribution < 1.29 is 4.74 Å². The lowest BCUT2D eigenvalue weighted by molar-refractivity contribution is 0.109. The monoisotopic (exact) mass is 240 g/mol. The van der Waals surface area contributed by atoms with Gasteiger partial charge in [-0.05, 0) is 19.3 Å². The maximum absolute atomic E-state index is 5.58. The summed E-state index contributed by atoms with van der Waals surface area (Å²) in [6, 6.07) is 1.56. The van der Waals surface area contributed by atoms with Crippen molar-refractivity contribution in [2.45, 2.75) is 30.5 Å². The van der Waals surface area contributed by atoms with Crippen LogP contribution in [0.15, 0.2) is 11.2 Å². The van der Waals surface area contributed by atoms with E-state index in [-0.39, 0.29) is 0 Å². The van der Waals surface area contributed by atoms with E-state index in [9.17, 15) is 0 Å². The van der Waals surface area contributed by atoms with Crippen molar-refractivity contribution in [3.8, 4) is 0 Å². The molecule has 0 saturated carbocycles. The molecule has 88 valence electrons. The second-order valence-electron chi connectivity index (χ2n) is 3.77. The van der Waals surface area contributed by atoms with Crippen LogP contribution in [-0.4, -0.2) is 28.4 Å². The molecule has 4 N–H and O–H groups in total. The topological polar surface area (TPSA) is 87.1 Å². The highest BCUT2D eigenvalue weighted by Crippen LogP contribution is 2.21. The summed E-state index contributed by atoms with van der Waals surface area (Å²) in [5.41, 5.74) is 11.2. The summed E-state index contributed by atoms with van der Waals surface area (Å²) in [5.74, 6) is 1.78. The Kier molecular flexibility index (Phi) is 3.84. The number of hydrogen-bond acceptors (Lipinski definition) is 6. The van der Waals surface area contributed by atoms with Gasteiger partial charge in [0, 0.05) is 18.4 Å². The van der Waals surface area contributed by atoms with Crippen LogP contribution in [0.2, 0.25) is 0 Å². The van der Waals surface area contributed by atoms with Gasteiger partial charge in [-0.3, -0.25) is 0 Å². The number of aromatic nitrogens is 2. The van der Waals surface area contributed by atoms with Crippen LogP contribution in [0.1, 0.15) is 19.3 Å². The number of hydrogen-bond donors (Lipinski definition) is 2. The Morgan fingerprint density at radius 1 is 1.38 bits per heavy atom. The summed E-state index contributed by atoms with van der Waals surface area (Å²) in [4.78, 5) is 8.21. The van der Waals surface area contributed by atoms with Crippen molar-refractivity contribution in [2.24, 2.45) is 0 Å². The van der Waals surface area contributed by atoms with E-state index in [2.05, 4.69) is 9.97 Å². The minimum atomic E-state index is 0.408. The van der Waals surface area contributed by atoms with Gasteiger partial charge in [-0.1, -0.05) is 11.8 Å². The zero-order valence-corrected chi connectivity index (χ0v) is 9.87. The average molecular weight is 240 g/mol. The molecule has 1 unspecified atom stereocenters. The average Bonchev–Trinajstić information content (AvgIpc) is 2.69. The van der Waals surface area contributed by atoms with Crippen molar-refractivity contribution in [1.29, 1.82) is 0 Å². The number of nitrogens with two attached hydrogens (primary N) is 2. The first-order valence-corrected chi connectivity index (χ1v) is 6.37. The third-order valence-corrected chi connectivity index (χ3v) is 3.32. The fraction of sp³-hybridized carbons (Fsp3) is 0.600. The van der Waals surface area contributed by atoms with Crippen molar-refractivity contribution in [1.82, 2.24) is 9.97 Å². The van der Waals surface area contributed by atoms with Gasteiger partial charge >= 0.3 is 0 Å². The Bertz CT molecular complexity index is 334. The Balaban J connectivity index is 1.80. The van der Waals surface area contributed by atoms with Crippen molar-refractivity contribution >= 4 is 23.4 Å². The van der Waals surface area contributed by atoms with Gasteiger partial charge < -0.3 is 16.2 Å². The third kappa shape index (κ3) is 3.24. The number of anilines is 2. The van der Waals surface area contributed by atoms with E-state index in [1.807, 2.05) is 0 Å². The summed E-state index contributed by atoms with van der Waals surface area (Å²) >= 11 is 1.57. The van der Waals surface area contributed by atoms with Crippen LogP contribution in [0, 0.1) is 0 Å². The molecule has 1 aliphatic heterocycles. The van der Waals surface area contributed by atoms with E-state index in [0.29, 0.717) is 22.9 Å². The predicted octanol–water partition coefficient (Wildman–Crippen LogP) is 1.30. The summed E-state index contributed by atoms with van der Waals surface area (Å²) in [6.45, 7) is 0.900. The second-order valence-corrected chi connectivity index (χ2v) is 4.83. The Labute approximate surface area is 99.0 Å². The van der Waals surface area contributed by atoms with Crippen molar-refractivity contribution in [2.75, 3.05) is 23.8 Å². The Hall–Kier alpha value is -1.01. The second kappa shape index (κ2) is 5.36. The highest BCUT2D eigenvalue weighted by Gasteiger charge is 2.15. The summed E-state index contributed by atoms with van der Waals surface area (Å²) < 4.78 is 5.53. The van der Waals surface area contributed by atoms with Crippen LogP contribution in [0.3, 0.4) is 0 Å². The van der Waals surface area contributed by atoms with Gasteiger partial charge in [0.05, 0.1) is 6.10 Å². The van der Waals surface area contributed by atoms with Crippen LogP contribution >= 0.6 is 11.8 Å². The van der Waals surface area contributed by atoms with Gasteiger partial charge in [0.25, 0.3) is 0 Å². The molecule has 0 radical (unpaired) electrons. The summed E-state index contributed by atoms with van der Waals surface area (Å²) in [7, 11) is 0. The molecule has 0 amide bonds. The van der Waals surface area contributed by atoms with Crippen molar-refractivity contribution in [3.05, 3.63) is 6.07 Å². The standard InChI is InChI=1S/C10H16N4OS/c11-8-6-9(12)14-10(13-8)16-5-3-7-2-1-4-15-7/h6-7H,1-5H2,(H4,11,12,13,14). The molecule has 6 heteroatoms. The third-order valence-electron chi connectivity index (χ3n) is 2.44. The van der Waals surface area contributed by atoms with Crippen LogP contribution in [0.4, 0.5) is 11.6 Å². The van der Waals surface area contributed by atoms with Crippen LogP contribution in [0.25, 0.3) is 0 Å². The minimum Gasteiger partial charge on any atom is -0.383 e. The first-order valence-electron chi connectivity index (χ1n) is 5.38. The van der Waals surface area contributed by atoms with Gasteiger partial charge in [0.15, 0.2) is 5.16 Å². The number of rotatable bonds is 4. The lowest BCUT2D eigenvalue weighted by Gasteiger charge is -2.08. The normalized spacial score (nSPS) is 20.1. The molecular formula is C10H16N4OS. The lowest BCUT2D eigenvalue weighted by atomic mass is 10.2. The molecule has 5 nitrogen and oxygen atoms in total. The van der Waals surface area contributed by atoms with Gasteiger partial charge in [-0.25, -0.2) is 9.97 Å². The van der Waals surface area contributed by atoms with Crippen LogP contribution in [0.5, 0.6) is 0 Å². The summed E-state index contributed by atoms with van der Waals surface area (Å²) in [6.07, 6.45) is 3.78. The first kappa shape index (κ1) is 11.5. The molecule has 0 aliphatic carbocycles. The zero-order chi connectivity index (χ0) is 11.4. The van der Waals surface area contributed by atoms with E-state index < -0.39 is 0 Å². The van der Waals surface area contributed by atoms with E-state index >= 15 is 0 Å². The van der Waals surface area contributed by atoms with E-state index in [4.69, 9.17) is 16.2 Å². The molecule has 1 fully saturated rings. The highest BCUT2D eigenvalue weighted by molar-refractivity contribution is 7.99. The molecule has 0 bridgehead atoms. The van der Waals surface area contributed by atoms with E-state index in [1.54, 1.807) is 17.8 Å². The fourth-order valence-electron chi connectivity index (χ4n) is 1.68. The van der Waals surface area contributed by atoms with Crippen molar-refractivity contribution in [3.63, 3.8) is 0 Å². The highest BCUT2D eigenvalue weighted by atomic mass is 32.2. The molecule has 1 aromatic rings. The SMILES string of the molecule is Nc1cc(N)nc(SCCC2CCCO2)n1. The molecular weight excluding hydrogens is 224 g/mol. The van der Waals surface area contributed by atoms with Gasteiger partial charge in [-0.15, -0.1) is 0 Å². The quantitative estimate of drug-likeness (QED) is 0.609. The predicted molar refractivity (Wildman–Crippen MR) is 65.2 cm³/mol. The number of ether oxygens (including phenoxy) is 1. The lowest BCUT2D eigenvalue weighted by Crippen LogP contribution is -2.06. The minimum absolute atomic E-state index is 0.408. The molecule has 1 aromatic heterocycles. The molecule has 0 aromatic carbocycles. The molecule has 1 atom stereocenters. The number of nitrogen functional groups attached to an aromatic ring is 2. The Morgan fingerprint density at radius 3 is 2.75 bits per heavy atom. The molecule has 1 aliphatic rings. The number of nitrogens with zero attached hydrogens (tertiary/aromatic N) is 2. The summed E-state index contributed by atoms with van der Waals surface area (Å²) in [5, 5.41) is 0.649. The van der Waals surface area contributed by atoms with E-state index in [1.165, 1.54) is 12.8 Å². The smallest absolute Gasteiger partial charge is 0.191 e. The van der Waals surface area contributed by atoms with Gasteiger partial charge in [0.2, 0.25) is 0 Å². The molecule has 2 heterocycles. The largest absolute Gasteiger partial charge is 0.383 e. The molecule has 0 spiro atoms. The Morgan fingerprint density at radius 2 is 2.12 bits per heavy atom.